The Hall–Kier alpha value is -1.06. The molecule has 1 amide bonds. The quantitative estimate of drug-likeness (QED) is 0.857. The fourth-order valence-corrected chi connectivity index (χ4v) is 3.38. The molecule has 0 aliphatic carbocycles. The van der Waals surface area contributed by atoms with Gasteiger partial charge in [0.1, 0.15) is 0 Å². The van der Waals surface area contributed by atoms with Crippen LogP contribution >= 0.6 is 12.4 Å². The normalized spacial score (nSPS) is 17.0. The van der Waals surface area contributed by atoms with Gasteiger partial charge in [0, 0.05) is 13.1 Å². The molecule has 3 nitrogen and oxygen atoms in total. The van der Waals surface area contributed by atoms with Crippen molar-refractivity contribution in [3.8, 4) is 0 Å². The Morgan fingerprint density at radius 2 is 1.83 bits per heavy atom. The van der Waals surface area contributed by atoms with E-state index in [0.717, 1.165) is 50.5 Å². The molecule has 1 heterocycles. The molecule has 2 rings (SSSR count). The van der Waals surface area contributed by atoms with Crippen LogP contribution in [0.5, 0.6) is 0 Å². The Kier molecular flexibility index (Phi) is 8.64. The van der Waals surface area contributed by atoms with Crippen LogP contribution in [0.15, 0.2) is 30.3 Å². The lowest BCUT2D eigenvalue weighted by Gasteiger charge is -2.35. The third-order valence-electron chi connectivity index (χ3n) is 4.70. The van der Waals surface area contributed by atoms with E-state index in [9.17, 15) is 4.79 Å². The van der Waals surface area contributed by atoms with Gasteiger partial charge in [-0.25, -0.2) is 0 Å². The number of nitrogens with zero attached hydrogens (tertiary/aromatic N) is 1. The molecule has 1 aromatic carbocycles. The second kappa shape index (κ2) is 9.94. The first-order valence-corrected chi connectivity index (χ1v) is 8.68. The van der Waals surface area contributed by atoms with Gasteiger partial charge in [0.15, 0.2) is 0 Å². The lowest BCUT2D eigenvalue weighted by molar-refractivity contribution is -0.135. The minimum Gasteiger partial charge on any atom is -0.342 e. The van der Waals surface area contributed by atoms with Crippen LogP contribution in [0.25, 0.3) is 0 Å². The molecule has 0 aromatic heterocycles. The molecule has 23 heavy (non-hydrogen) atoms. The van der Waals surface area contributed by atoms with E-state index in [4.69, 9.17) is 0 Å². The number of rotatable bonds is 6. The maximum atomic E-state index is 13.0. The Morgan fingerprint density at radius 1 is 1.22 bits per heavy atom. The van der Waals surface area contributed by atoms with E-state index in [-0.39, 0.29) is 18.3 Å². The van der Waals surface area contributed by atoms with Crippen LogP contribution in [-0.2, 0) is 4.79 Å². The summed E-state index contributed by atoms with van der Waals surface area (Å²) in [7, 11) is 0. The monoisotopic (exact) mass is 338 g/mol. The zero-order chi connectivity index (χ0) is 15.9. The van der Waals surface area contributed by atoms with Crippen LogP contribution in [0.3, 0.4) is 0 Å². The van der Waals surface area contributed by atoms with Gasteiger partial charge in [0.2, 0.25) is 5.91 Å². The van der Waals surface area contributed by atoms with Gasteiger partial charge in [-0.2, -0.15) is 0 Å². The maximum absolute atomic E-state index is 13.0. The van der Waals surface area contributed by atoms with Crippen molar-refractivity contribution in [2.45, 2.75) is 39.5 Å². The Morgan fingerprint density at radius 3 is 2.35 bits per heavy atom. The fourth-order valence-electron chi connectivity index (χ4n) is 3.38. The van der Waals surface area contributed by atoms with Crippen molar-refractivity contribution in [3.05, 3.63) is 35.9 Å². The average molecular weight is 339 g/mol. The van der Waals surface area contributed by atoms with Gasteiger partial charge >= 0.3 is 0 Å². The second-order valence-electron chi connectivity index (χ2n) is 6.71. The van der Waals surface area contributed by atoms with Crippen molar-refractivity contribution < 1.29 is 4.79 Å². The topological polar surface area (TPSA) is 32.3 Å². The summed E-state index contributed by atoms with van der Waals surface area (Å²) in [6.07, 6.45) is 2.25. The van der Waals surface area contributed by atoms with E-state index in [2.05, 4.69) is 43.1 Å². The lowest BCUT2D eigenvalue weighted by Crippen LogP contribution is -2.43. The number of halogens is 1. The van der Waals surface area contributed by atoms with Gasteiger partial charge in [-0.1, -0.05) is 51.1 Å². The number of carbonyl (C=O) groups excluding carboxylic acids is 1. The number of hydrogen-bond acceptors (Lipinski definition) is 2. The second-order valence-corrected chi connectivity index (χ2v) is 6.71. The number of carbonyl (C=O) groups is 1. The Bertz CT molecular complexity index is 456. The molecule has 4 heteroatoms. The number of nitrogens with one attached hydrogen (secondary N) is 1. The summed E-state index contributed by atoms with van der Waals surface area (Å²) in [6, 6.07) is 10.2. The molecular formula is C19H31ClN2O. The van der Waals surface area contributed by atoms with Gasteiger partial charge in [-0.15, -0.1) is 12.4 Å². The predicted octanol–water partition coefficient (Wildman–Crippen LogP) is 3.70. The first-order valence-electron chi connectivity index (χ1n) is 8.68. The summed E-state index contributed by atoms with van der Waals surface area (Å²) in [4.78, 5) is 15.1. The SMILES string of the molecule is CCNCC1CCN(C(=O)C(c2ccccc2)C(C)C)CC1.Cl. The molecule has 1 fully saturated rings. The summed E-state index contributed by atoms with van der Waals surface area (Å²) >= 11 is 0. The zero-order valence-corrected chi connectivity index (χ0v) is 15.4. The number of benzene rings is 1. The van der Waals surface area contributed by atoms with Gasteiger partial charge in [-0.05, 0) is 43.3 Å². The lowest BCUT2D eigenvalue weighted by atomic mass is 9.86. The summed E-state index contributed by atoms with van der Waals surface area (Å²) in [6.45, 7) is 10.4. The van der Waals surface area contributed by atoms with E-state index in [1.54, 1.807) is 0 Å². The molecule has 1 N–H and O–H groups in total. The van der Waals surface area contributed by atoms with Gasteiger partial charge in [-0.3, -0.25) is 4.79 Å². The van der Waals surface area contributed by atoms with E-state index in [1.165, 1.54) is 0 Å². The van der Waals surface area contributed by atoms with Crippen LogP contribution < -0.4 is 5.32 Å². The maximum Gasteiger partial charge on any atom is 0.230 e. The highest BCUT2D eigenvalue weighted by Crippen LogP contribution is 2.28. The van der Waals surface area contributed by atoms with Crippen molar-refractivity contribution in [2.75, 3.05) is 26.2 Å². The summed E-state index contributed by atoms with van der Waals surface area (Å²) < 4.78 is 0. The number of hydrogen-bond donors (Lipinski definition) is 1. The zero-order valence-electron chi connectivity index (χ0n) is 14.6. The van der Waals surface area contributed by atoms with Crippen molar-refractivity contribution in [3.63, 3.8) is 0 Å². The van der Waals surface area contributed by atoms with E-state index >= 15 is 0 Å². The van der Waals surface area contributed by atoms with Crippen molar-refractivity contribution in [1.29, 1.82) is 0 Å². The molecule has 1 aromatic rings. The molecule has 0 saturated carbocycles. The molecule has 0 bridgehead atoms. The third-order valence-corrected chi connectivity index (χ3v) is 4.70. The molecule has 1 aliphatic rings. The van der Waals surface area contributed by atoms with Gasteiger partial charge in [0.25, 0.3) is 0 Å². The first kappa shape index (κ1) is 20.0. The molecule has 1 atom stereocenters. The largest absolute Gasteiger partial charge is 0.342 e. The summed E-state index contributed by atoms with van der Waals surface area (Å²) in [5, 5.41) is 3.43. The van der Waals surface area contributed by atoms with Gasteiger partial charge < -0.3 is 10.2 Å². The minimum atomic E-state index is -0.00785. The third kappa shape index (κ3) is 5.50. The van der Waals surface area contributed by atoms with E-state index in [0.29, 0.717) is 11.8 Å². The van der Waals surface area contributed by atoms with E-state index < -0.39 is 0 Å². The van der Waals surface area contributed by atoms with Crippen molar-refractivity contribution >= 4 is 18.3 Å². The highest BCUT2D eigenvalue weighted by Gasteiger charge is 2.30. The molecule has 130 valence electrons. The Balaban J connectivity index is 0.00000264. The van der Waals surface area contributed by atoms with Crippen LogP contribution in [0.1, 0.15) is 45.1 Å². The van der Waals surface area contributed by atoms with Crippen LogP contribution in [0.4, 0.5) is 0 Å². The van der Waals surface area contributed by atoms with Crippen molar-refractivity contribution in [1.82, 2.24) is 10.2 Å². The number of likely N-dealkylation sites (tertiary alicyclic amines) is 1. The minimum absolute atomic E-state index is 0. The molecule has 0 radical (unpaired) electrons. The number of amides is 1. The average Bonchev–Trinajstić information content (AvgIpc) is 2.54. The summed E-state index contributed by atoms with van der Waals surface area (Å²) in [5.41, 5.74) is 1.15. The molecule has 1 aliphatic heterocycles. The predicted molar refractivity (Wildman–Crippen MR) is 99.1 cm³/mol. The molecule has 0 spiro atoms. The van der Waals surface area contributed by atoms with Crippen molar-refractivity contribution in [2.24, 2.45) is 11.8 Å². The Labute approximate surface area is 147 Å². The van der Waals surface area contributed by atoms with E-state index in [1.807, 2.05) is 18.2 Å². The highest BCUT2D eigenvalue weighted by molar-refractivity contribution is 5.85. The van der Waals surface area contributed by atoms with Gasteiger partial charge in [0.05, 0.1) is 5.92 Å². The molecule has 1 unspecified atom stereocenters. The fraction of sp³-hybridized carbons (Fsp3) is 0.632. The smallest absolute Gasteiger partial charge is 0.230 e. The molecular weight excluding hydrogens is 308 g/mol. The van der Waals surface area contributed by atoms with Crippen LogP contribution in [-0.4, -0.2) is 37.0 Å². The number of piperidine rings is 1. The molecule has 1 saturated heterocycles. The van der Waals surface area contributed by atoms with Crippen LogP contribution in [0.2, 0.25) is 0 Å². The highest BCUT2D eigenvalue weighted by atomic mass is 35.5. The first-order chi connectivity index (χ1) is 10.6. The standard InChI is InChI=1S/C19H30N2O.ClH/c1-4-20-14-16-10-12-21(13-11-16)19(22)18(15(2)3)17-8-6-5-7-9-17;/h5-9,15-16,18,20H,4,10-14H2,1-3H3;1H. The summed E-state index contributed by atoms with van der Waals surface area (Å²) in [5.74, 6) is 1.35. The van der Waals surface area contributed by atoms with Crippen LogP contribution in [0, 0.1) is 11.8 Å².